The lowest BCUT2D eigenvalue weighted by Gasteiger charge is -2.07. The lowest BCUT2D eigenvalue weighted by Crippen LogP contribution is -2.03. The van der Waals surface area contributed by atoms with E-state index in [4.69, 9.17) is 13.9 Å². The van der Waals surface area contributed by atoms with Crippen molar-refractivity contribution in [3.05, 3.63) is 53.9 Å². The van der Waals surface area contributed by atoms with Crippen molar-refractivity contribution in [2.75, 3.05) is 14.2 Å². The van der Waals surface area contributed by atoms with Gasteiger partial charge in [-0.25, -0.2) is 0 Å². The van der Waals surface area contributed by atoms with E-state index in [1.54, 1.807) is 38.5 Å². The monoisotopic (exact) mass is 297 g/mol. The molecule has 0 amide bonds. The largest absolute Gasteiger partial charge is 0.497 e. The summed E-state index contributed by atoms with van der Waals surface area (Å²) in [6.45, 7) is 0. The molecule has 0 saturated carbocycles. The Morgan fingerprint density at radius 3 is 2.45 bits per heavy atom. The van der Waals surface area contributed by atoms with E-state index in [1.807, 2.05) is 24.3 Å². The molecule has 1 aromatic heterocycles. The predicted molar refractivity (Wildman–Crippen MR) is 82.1 cm³/mol. The maximum absolute atomic E-state index is 9.26. The normalized spacial score (nSPS) is 11.6. The van der Waals surface area contributed by atoms with Crippen LogP contribution >= 0.6 is 0 Å². The van der Waals surface area contributed by atoms with E-state index in [0.717, 1.165) is 11.3 Å². The SMILES string of the molecule is COc1cccc(-c2c/c(=N\O)c3ccc(OC)cc3o2)c1. The Balaban J connectivity index is 2.25. The molecule has 0 saturated heterocycles. The zero-order valence-corrected chi connectivity index (χ0v) is 12.2. The first-order valence-corrected chi connectivity index (χ1v) is 6.69. The number of hydrogen-bond donors (Lipinski definition) is 1. The van der Waals surface area contributed by atoms with Gasteiger partial charge in [-0.3, -0.25) is 0 Å². The van der Waals surface area contributed by atoms with Crippen molar-refractivity contribution >= 4 is 11.0 Å². The van der Waals surface area contributed by atoms with Crippen LogP contribution in [0.4, 0.5) is 0 Å². The Kier molecular flexibility index (Phi) is 3.70. The second-order valence-electron chi connectivity index (χ2n) is 4.69. The number of fused-ring (bicyclic) bond motifs is 1. The van der Waals surface area contributed by atoms with Gasteiger partial charge in [0, 0.05) is 23.1 Å². The average molecular weight is 297 g/mol. The summed E-state index contributed by atoms with van der Waals surface area (Å²) < 4.78 is 16.4. The highest BCUT2D eigenvalue weighted by molar-refractivity contribution is 5.80. The molecule has 1 N–H and O–H groups in total. The minimum atomic E-state index is 0.432. The molecule has 0 spiro atoms. The van der Waals surface area contributed by atoms with Gasteiger partial charge in [-0.05, 0) is 24.3 Å². The summed E-state index contributed by atoms with van der Waals surface area (Å²) in [4.78, 5) is 0. The highest BCUT2D eigenvalue weighted by Gasteiger charge is 2.08. The smallest absolute Gasteiger partial charge is 0.140 e. The van der Waals surface area contributed by atoms with Crippen LogP contribution in [0.25, 0.3) is 22.3 Å². The first-order valence-electron chi connectivity index (χ1n) is 6.69. The van der Waals surface area contributed by atoms with Crippen molar-refractivity contribution in [3.8, 4) is 22.8 Å². The molecule has 1 heterocycles. The zero-order chi connectivity index (χ0) is 15.5. The van der Waals surface area contributed by atoms with Gasteiger partial charge >= 0.3 is 0 Å². The molecule has 0 unspecified atom stereocenters. The summed E-state index contributed by atoms with van der Waals surface area (Å²) in [7, 11) is 3.19. The number of methoxy groups -OCH3 is 2. The van der Waals surface area contributed by atoms with Gasteiger partial charge < -0.3 is 19.1 Å². The van der Waals surface area contributed by atoms with Gasteiger partial charge in [0.2, 0.25) is 0 Å². The summed E-state index contributed by atoms with van der Waals surface area (Å²) >= 11 is 0. The molecule has 0 bridgehead atoms. The van der Waals surface area contributed by atoms with Gasteiger partial charge in [0.15, 0.2) is 0 Å². The lowest BCUT2D eigenvalue weighted by molar-refractivity contribution is 0.302. The van der Waals surface area contributed by atoms with E-state index in [0.29, 0.717) is 27.8 Å². The molecular formula is C17H15NO4. The van der Waals surface area contributed by atoms with E-state index in [2.05, 4.69) is 5.16 Å². The van der Waals surface area contributed by atoms with Gasteiger partial charge in [-0.2, -0.15) is 0 Å². The minimum Gasteiger partial charge on any atom is -0.497 e. The highest BCUT2D eigenvalue weighted by Crippen LogP contribution is 2.27. The molecule has 5 nitrogen and oxygen atoms in total. The highest BCUT2D eigenvalue weighted by atomic mass is 16.5. The maximum atomic E-state index is 9.26. The number of benzene rings is 2. The average Bonchev–Trinajstić information content (AvgIpc) is 2.60. The van der Waals surface area contributed by atoms with Gasteiger partial charge in [0.05, 0.1) is 14.2 Å². The van der Waals surface area contributed by atoms with Crippen LogP contribution in [0, 0.1) is 0 Å². The van der Waals surface area contributed by atoms with Crippen LogP contribution in [0.3, 0.4) is 0 Å². The van der Waals surface area contributed by atoms with Crippen molar-refractivity contribution in [2.24, 2.45) is 5.16 Å². The van der Waals surface area contributed by atoms with Crippen LogP contribution < -0.4 is 14.8 Å². The van der Waals surface area contributed by atoms with E-state index in [1.165, 1.54) is 0 Å². The van der Waals surface area contributed by atoms with E-state index < -0.39 is 0 Å². The van der Waals surface area contributed by atoms with Crippen LogP contribution in [0.15, 0.2) is 58.1 Å². The van der Waals surface area contributed by atoms with Crippen molar-refractivity contribution in [1.82, 2.24) is 0 Å². The molecule has 112 valence electrons. The molecule has 0 aliphatic rings. The van der Waals surface area contributed by atoms with E-state index in [9.17, 15) is 5.21 Å². The molecule has 0 fully saturated rings. The molecule has 0 atom stereocenters. The summed E-state index contributed by atoms with van der Waals surface area (Å²) in [6, 6.07) is 14.5. The number of rotatable bonds is 3. The Labute approximate surface area is 127 Å². The van der Waals surface area contributed by atoms with Crippen molar-refractivity contribution < 1.29 is 19.1 Å². The minimum absolute atomic E-state index is 0.432. The molecule has 3 aromatic rings. The molecule has 0 radical (unpaired) electrons. The van der Waals surface area contributed by atoms with Crippen molar-refractivity contribution in [3.63, 3.8) is 0 Å². The van der Waals surface area contributed by atoms with Crippen LogP contribution in [0.2, 0.25) is 0 Å². The van der Waals surface area contributed by atoms with Gasteiger partial charge in [0.25, 0.3) is 0 Å². The Hall–Kier alpha value is -2.95. The standard InChI is InChI=1S/C17H15NO4/c1-20-12-5-3-4-11(8-12)16-10-15(18-19)14-7-6-13(21-2)9-17(14)22-16/h3-10,19H,1-2H3/b18-15+. The molecular weight excluding hydrogens is 282 g/mol. The molecule has 0 aliphatic heterocycles. The van der Waals surface area contributed by atoms with Gasteiger partial charge in [0.1, 0.15) is 28.2 Å². The molecule has 2 aromatic carbocycles. The number of hydrogen-bond acceptors (Lipinski definition) is 5. The second kappa shape index (κ2) is 5.81. The quantitative estimate of drug-likeness (QED) is 0.594. The Morgan fingerprint density at radius 2 is 1.73 bits per heavy atom. The topological polar surface area (TPSA) is 64.2 Å². The van der Waals surface area contributed by atoms with E-state index in [-0.39, 0.29) is 0 Å². The third kappa shape index (κ3) is 2.48. The molecule has 0 aliphatic carbocycles. The fourth-order valence-electron chi connectivity index (χ4n) is 2.28. The predicted octanol–water partition coefficient (Wildman–Crippen LogP) is 3.41. The fraction of sp³-hybridized carbons (Fsp3) is 0.118. The van der Waals surface area contributed by atoms with Gasteiger partial charge in [-0.1, -0.05) is 17.3 Å². The second-order valence-corrected chi connectivity index (χ2v) is 4.69. The Morgan fingerprint density at radius 1 is 0.955 bits per heavy atom. The Bertz CT molecular complexity index is 883. The summed E-state index contributed by atoms with van der Waals surface area (Å²) in [6.07, 6.45) is 0. The third-order valence-corrected chi connectivity index (χ3v) is 3.41. The first kappa shape index (κ1) is 14.0. The van der Waals surface area contributed by atoms with Crippen LogP contribution in [-0.2, 0) is 0 Å². The summed E-state index contributed by atoms with van der Waals surface area (Å²) in [5.41, 5.74) is 1.40. The molecule has 5 heteroatoms. The van der Waals surface area contributed by atoms with Crippen molar-refractivity contribution in [2.45, 2.75) is 0 Å². The van der Waals surface area contributed by atoms with Crippen LogP contribution in [0.1, 0.15) is 0 Å². The summed E-state index contributed by atoms with van der Waals surface area (Å²) in [5.74, 6) is 1.97. The molecule has 22 heavy (non-hydrogen) atoms. The first-order chi connectivity index (χ1) is 10.7. The van der Waals surface area contributed by atoms with Crippen LogP contribution in [0.5, 0.6) is 11.5 Å². The van der Waals surface area contributed by atoms with Crippen LogP contribution in [-0.4, -0.2) is 19.4 Å². The number of ether oxygens (including phenoxy) is 2. The van der Waals surface area contributed by atoms with Crippen molar-refractivity contribution in [1.29, 1.82) is 0 Å². The fourth-order valence-corrected chi connectivity index (χ4v) is 2.28. The summed E-state index contributed by atoms with van der Waals surface area (Å²) in [5, 5.41) is 13.7. The zero-order valence-electron chi connectivity index (χ0n) is 12.2. The van der Waals surface area contributed by atoms with Gasteiger partial charge in [-0.15, -0.1) is 0 Å². The maximum Gasteiger partial charge on any atom is 0.140 e. The van der Waals surface area contributed by atoms with E-state index >= 15 is 0 Å². The number of nitrogens with zero attached hydrogens (tertiary/aromatic N) is 1. The third-order valence-electron chi connectivity index (χ3n) is 3.41. The molecule has 3 rings (SSSR count). The lowest BCUT2D eigenvalue weighted by atomic mass is 10.1.